The Kier molecular flexibility index (Phi) is 8.24. The fourth-order valence-electron chi connectivity index (χ4n) is 1.36. The second-order valence-corrected chi connectivity index (χ2v) is 3.61. The van der Waals surface area contributed by atoms with E-state index in [1.54, 1.807) is 26.2 Å². The van der Waals surface area contributed by atoms with Gasteiger partial charge in [-0.2, -0.15) is 0 Å². The van der Waals surface area contributed by atoms with Crippen LogP contribution in [0.4, 0.5) is 4.39 Å². The van der Waals surface area contributed by atoms with Gasteiger partial charge in [-0.25, -0.2) is 4.39 Å². The topological polar surface area (TPSA) is 36.4 Å². The van der Waals surface area contributed by atoms with Gasteiger partial charge in [0.2, 0.25) is 0 Å². The van der Waals surface area contributed by atoms with Crippen molar-refractivity contribution in [2.24, 2.45) is 4.99 Å². The Labute approximate surface area is 123 Å². The molecule has 0 radical (unpaired) electrons. The van der Waals surface area contributed by atoms with E-state index in [0.717, 1.165) is 0 Å². The minimum absolute atomic E-state index is 0. The van der Waals surface area contributed by atoms with Crippen LogP contribution < -0.4 is 10.6 Å². The smallest absolute Gasteiger partial charge is 0.190 e. The van der Waals surface area contributed by atoms with E-state index in [1.807, 2.05) is 0 Å². The summed E-state index contributed by atoms with van der Waals surface area (Å²) < 4.78 is 13.4. The van der Waals surface area contributed by atoms with Gasteiger partial charge in [-0.1, -0.05) is 17.7 Å². The van der Waals surface area contributed by atoms with Gasteiger partial charge in [-0.15, -0.1) is 24.0 Å². The summed E-state index contributed by atoms with van der Waals surface area (Å²) in [5.41, 5.74) is 0.531. The predicted octanol–water partition coefficient (Wildman–Crippen LogP) is 2.43. The third-order valence-electron chi connectivity index (χ3n) is 2.19. The lowest BCUT2D eigenvalue weighted by molar-refractivity contribution is 0.607. The highest BCUT2D eigenvalue weighted by atomic mass is 127. The number of nitrogens with one attached hydrogen (secondary N) is 2. The van der Waals surface area contributed by atoms with Gasteiger partial charge in [0.1, 0.15) is 5.82 Å². The van der Waals surface area contributed by atoms with Crippen molar-refractivity contribution in [3.63, 3.8) is 0 Å². The summed E-state index contributed by atoms with van der Waals surface area (Å²) >= 11 is 5.90. The van der Waals surface area contributed by atoms with Gasteiger partial charge in [-0.3, -0.25) is 4.99 Å². The fourth-order valence-corrected chi connectivity index (χ4v) is 1.61. The van der Waals surface area contributed by atoms with E-state index in [0.29, 0.717) is 29.5 Å². The van der Waals surface area contributed by atoms with Crippen molar-refractivity contribution in [3.05, 3.63) is 34.6 Å². The van der Waals surface area contributed by atoms with Crippen molar-refractivity contribution in [1.82, 2.24) is 10.6 Å². The van der Waals surface area contributed by atoms with Gasteiger partial charge < -0.3 is 10.6 Å². The van der Waals surface area contributed by atoms with Crippen molar-refractivity contribution in [2.75, 3.05) is 20.6 Å². The van der Waals surface area contributed by atoms with Crippen LogP contribution in [0, 0.1) is 5.82 Å². The second-order valence-electron chi connectivity index (χ2n) is 3.20. The molecule has 0 aliphatic rings. The Morgan fingerprint density at radius 2 is 2.18 bits per heavy atom. The number of halogens is 3. The lowest BCUT2D eigenvalue weighted by Crippen LogP contribution is -2.35. The molecule has 0 saturated carbocycles. The molecule has 0 aromatic heterocycles. The van der Waals surface area contributed by atoms with E-state index in [4.69, 9.17) is 11.6 Å². The number of rotatable bonds is 3. The highest BCUT2D eigenvalue weighted by Crippen LogP contribution is 2.18. The van der Waals surface area contributed by atoms with Crippen molar-refractivity contribution >= 4 is 41.5 Å². The monoisotopic (exact) mass is 371 g/mol. The molecule has 0 aliphatic carbocycles. The quantitative estimate of drug-likeness (QED) is 0.486. The summed E-state index contributed by atoms with van der Waals surface area (Å²) in [5, 5.41) is 6.37. The van der Waals surface area contributed by atoms with Crippen molar-refractivity contribution in [2.45, 2.75) is 6.42 Å². The SMILES string of the molecule is CN=C(NC)NCCc1c(F)cccc1Cl.I. The van der Waals surface area contributed by atoms with Crippen LogP contribution in [0.5, 0.6) is 0 Å². The van der Waals surface area contributed by atoms with Crippen LogP contribution in [-0.4, -0.2) is 26.6 Å². The molecular formula is C11H16ClFIN3. The average Bonchev–Trinajstić information content (AvgIpc) is 2.28. The van der Waals surface area contributed by atoms with E-state index in [9.17, 15) is 4.39 Å². The Morgan fingerprint density at radius 3 is 2.71 bits per heavy atom. The van der Waals surface area contributed by atoms with Gasteiger partial charge in [0, 0.05) is 31.2 Å². The molecule has 1 aromatic carbocycles. The molecule has 0 saturated heterocycles. The summed E-state index contributed by atoms with van der Waals surface area (Å²) in [6.45, 7) is 0.578. The zero-order valence-electron chi connectivity index (χ0n) is 9.76. The Morgan fingerprint density at radius 1 is 1.47 bits per heavy atom. The molecule has 0 fully saturated rings. The molecular weight excluding hydrogens is 355 g/mol. The maximum Gasteiger partial charge on any atom is 0.190 e. The zero-order valence-corrected chi connectivity index (χ0v) is 12.8. The van der Waals surface area contributed by atoms with E-state index >= 15 is 0 Å². The maximum atomic E-state index is 13.4. The zero-order chi connectivity index (χ0) is 12.0. The maximum absolute atomic E-state index is 13.4. The summed E-state index contributed by atoms with van der Waals surface area (Å²) in [6, 6.07) is 4.70. The molecule has 1 rings (SSSR count). The lowest BCUT2D eigenvalue weighted by Gasteiger charge is -2.09. The normalized spacial score (nSPS) is 10.7. The molecule has 6 heteroatoms. The average molecular weight is 372 g/mol. The Bertz CT molecular complexity index is 365. The summed E-state index contributed by atoms with van der Waals surface area (Å²) in [6.07, 6.45) is 0.520. The Hall–Kier alpha value is -0.560. The number of aliphatic imine (C=N–C) groups is 1. The summed E-state index contributed by atoms with van der Waals surface area (Å²) in [7, 11) is 3.44. The van der Waals surface area contributed by atoms with Crippen molar-refractivity contribution in [1.29, 1.82) is 0 Å². The molecule has 0 bridgehead atoms. The minimum Gasteiger partial charge on any atom is -0.359 e. The van der Waals surface area contributed by atoms with Crippen LogP contribution in [0.2, 0.25) is 5.02 Å². The first-order chi connectivity index (χ1) is 7.69. The summed E-state index contributed by atoms with van der Waals surface area (Å²) in [5.74, 6) is 0.404. The number of nitrogens with zero attached hydrogens (tertiary/aromatic N) is 1. The van der Waals surface area contributed by atoms with E-state index in [-0.39, 0.29) is 29.8 Å². The number of benzene rings is 1. The molecule has 0 atom stereocenters. The molecule has 2 N–H and O–H groups in total. The molecule has 1 aromatic rings. The molecule has 0 heterocycles. The molecule has 0 unspecified atom stereocenters. The van der Waals surface area contributed by atoms with Gasteiger partial charge in [0.05, 0.1) is 0 Å². The van der Waals surface area contributed by atoms with Crippen LogP contribution in [0.3, 0.4) is 0 Å². The van der Waals surface area contributed by atoms with Crippen LogP contribution in [0.1, 0.15) is 5.56 Å². The van der Waals surface area contributed by atoms with Crippen molar-refractivity contribution in [3.8, 4) is 0 Å². The molecule has 96 valence electrons. The molecule has 0 amide bonds. The lowest BCUT2D eigenvalue weighted by atomic mass is 10.1. The van der Waals surface area contributed by atoms with Crippen LogP contribution in [0.15, 0.2) is 23.2 Å². The molecule has 0 spiro atoms. The van der Waals surface area contributed by atoms with E-state index < -0.39 is 0 Å². The number of guanidine groups is 1. The highest BCUT2D eigenvalue weighted by Gasteiger charge is 2.06. The van der Waals surface area contributed by atoms with Crippen molar-refractivity contribution < 1.29 is 4.39 Å². The Balaban J connectivity index is 0.00000256. The number of hydrogen-bond donors (Lipinski definition) is 2. The predicted molar refractivity (Wildman–Crippen MR) is 81.0 cm³/mol. The first-order valence-electron chi connectivity index (χ1n) is 5.00. The van der Waals surface area contributed by atoms with Gasteiger partial charge in [0.15, 0.2) is 5.96 Å². The third-order valence-corrected chi connectivity index (χ3v) is 2.54. The van der Waals surface area contributed by atoms with Crippen LogP contribution in [0.25, 0.3) is 0 Å². The fraction of sp³-hybridized carbons (Fsp3) is 0.364. The van der Waals surface area contributed by atoms with E-state index in [1.165, 1.54) is 6.07 Å². The first kappa shape index (κ1) is 16.4. The standard InChI is InChI=1S/C11H15ClFN3.HI/c1-14-11(15-2)16-7-6-8-9(12)4-3-5-10(8)13;/h3-5H,6-7H2,1-2H3,(H2,14,15,16);1H. The van der Waals surface area contributed by atoms with Gasteiger partial charge >= 0.3 is 0 Å². The van der Waals surface area contributed by atoms with Gasteiger partial charge in [0.25, 0.3) is 0 Å². The number of hydrogen-bond acceptors (Lipinski definition) is 1. The summed E-state index contributed by atoms with van der Waals surface area (Å²) in [4.78, 5) is 3.95. The largest absolute Gasteiger partial charge is 0.359 e. The van der Waals surface area contributed by atoms with E-state index in [2.05, 4.69) is 15.6 Å². The van der Waals surface area contributed by atoms with Crippen LogP contribution in [-0.2, 0) is 6.42 Å². The molecule has 0 aliphatic heterocycles. The van der Waals surface area contributed by atoms with Gasteiger partial charge in [-0.05, 0) is 18.6 Å². The molecule has 3 nitrogen and oxygen atoms in total. The third kappa shape index (κ3) is 5.08. The molecule has 17 heavy (non-hydrogen) atoms. The highest BCUT2D eigenvalue weighted by molar-refractivity contribution is 14.0. The second kappa shape index (κ2) is 8.52. The minimum atomic E-state index is -0.270. The van der Waals surface area contributed by atoms with Crippen LogP contribution >= 0.6 is 35.6 Å². The first-order valence-corrected chi connectivity index (χ1v) is 5.38.